The Morgan fingerprint density at radius 2 is 2.14 bits per heavy atom. The zero-order chi connectivity index (χ0) is 11.0. The van der Waals surface area contributed by atoms with Gasteiger partial charge in [-0.1, -0.05) is 0 Å². The average molecular weight is 201 g/mol. The fraction of sp³-hybridized carbons (Fsp3) is 0.625. The molecule has 0 aromatic rings. The third-order valence-corrected chi connectivity index (χ3v) is 1.34. The van der Waals surface area contributed by atoms with Gasteiger partial charge < -0.3 is 10.5 Å². The van der Waals surface area contributed by atoms with Crippen LogP contribution in [0, 0.1) is 0 Å². The van der Waals surface area contributed by atoms with Crippen molar-refractivity contribution in [3.63, 3.8) is 0 Å². The molecular formula is C8H15N3O3. The van der Waals surface area contributed by atoms with Gasteiger partial charge in [0, 0.05) is 27.1 Å². The van der Waals surface area contributed by atoms with Crippen LogP contribution in [0.3, 0.4) is 0 Å². The summed E-state index contributed by atoms with van der Waals surface area (Å²) in [6.07, 6.45) is 2.00. The van der Waals surface area contributed by atoms with Crippen molar-refractivity contribution < 1.29 is 14.7 Å². The lowest BCUT2D eigenvalue weighted by atomic mass is 10.2. The number of carbonyl (C=O) groups is 2. The molecule has 0 aromatic heterocycles. The largest absolute Gasteiger partial charge is 0.476 e. The van der Waals surface area contributed by atoms with E-state index < -0.39 is 11.8 Å². The van der Waals surface area contributed by atoms with Gasteiger partial charge in [-0.25, -0.2) is 9.80 Å². The van der Waals surface area contributed by atoms with Crippen LogP contribution in [-0.4, -0.2) is 48.8 Å². The summed E-state index contributed by atoms with van der Waals surface area (Å²) < 4.78 is 0. The molecule has 0 fully saturated rings. The molecule has 0 atom stereocenters. The first-order valence-corrected chi connectivity index (χ1v) is 4.22. The molecule has 0 heterocycles. The number of rotatable bonds is 7. The fourth-order valence-corrected chi connectivity index (χ4v) is 0.659. The maximum absolute atomic E-state index is 10.6. The monoisotopic (exact) mass is 201 g/mol. The number of nitrogens with one attached hydrogen (secondary N) is 1. The van der Waals surface area contributed by atoms with E-state index >= 15 is 0 Å². The number of nitrogens with zero attached hydrogens (tertiary/aromatic N) is 2. The molecule has 14 heavy (non-hydrogen) atoms. The number of carbonyl (C=O) groups excluding carboxylic acids is 1. The highest BCUT2D eigenvalue weighted by Crippen LogP contribution is 1.91. The Labute approximate surface area is 82.6 Å². The molecule has 0 amide bonds. The Morgan fingerprint density at radius 3 is 2.64 bits per heavy atom. The molecule has 0 bridgehead atoms. The molecule has 80 valence electrons. The lowest BCUT2D eigenvalue weighted by Gasteiger charge is -2.06. The van der Waals surface area contributed by atoms with Crippen molar-refractivity contribution in [3.8, 4) is 0 Å². The Morgan fingerprint density at radius 1 is 1.50 bits per heavy atom. The van der Waals surface area contributed by atoms with Crippen LogP contribution >= 0.6 is 0 Å². The lowest BCUT2D eigenvalue weighted by Crippen LogP contribution is -2.28. The summed E-state index contributed by atoms with van der Waals surface area (Å²) in [6, 6.07) is 0. The molecule has 0 aliphatic heterocycles. The summed E-state index contributed by atoms with van der Waals surface area (Å²) in [5.41, 5.74) is 2.80. The lowest BCUT2D eigenvalue weighted by molar-refractivity contribution is -0.149. The van der Waals surface area contributed by atoms with Crippen LogP contribution in [0.25, 0.3) is 0 Å². The van der Waals surface area contributed by atoms with E-state index in [9.17, 15) is 9.59 Å². The van der Waals surface area contributed by atoms with Gasteiger partial charge in [0.15, 0.2) is 0 Å². The topological polar surface area (TPSA) is 82.0 Å². The highest BCUT2D eigenvalue weighted by Gasteiger charge is 2.09. The van der Waals surface area contributed by atoms with Crippen LogP contribution in [0.2, 0.25) is 0 Å². The molecule has 0 aliphatic rings. The van der Waals surface area contributed by atoms with Crippen molar-refractivity contribution in [2.75, 3.05) is 20.6 Å². The summed E-state index contributed by atoms with van der Waals surface area (Å²) in [6.45, 7) is 0.444. The first-order chi connectivity index (χ1) is 6.54. The van der Waals surface area contributed by atoms with E-state index in [0.29, 0.717) is 13.0 Å². The number of aliphatic carboxylic acids is 1. The molecule has 0 saturated heterocycles. The van der Waals surface area contributed by atoms with Crippen LogP contribution in [0.1, 0.15) is 12.8 Å². The predicted octanol–water partition coefficient (Wildman–Crippen LogP) is -0.485. The van der Waals surface area contributed by atoms with E-state index in [-0.39, 0.29) is 6.42 Å². The standard InChI is InChI=1S/C8H15N3O3/c1-11(2)10-6-9-5-3-4-7(12)8(13)14/h6H,3-5H2,1-2H3,(H,9,10)(H,13,14). The van der Waals surface area contributed by atoms with Crippen LogP contribution in [0.4, 0.5) is 0 Å². The first-order valence-electron chi connectivity index (χ1n) is 4.22. The van der Waals surface area contributed by atoms with E-state index in [2.05, 4.69) is 10.4 Å². The third kappa shape index (κ3) is 7.23. The second-order valence-electron chi connectivity index (χ2n) is 2.89. The number of hydrogen-bond acceptors (Lipinski definition) is 4. The molecule has 0 spiro atoms. The number of Topliss-reactive ketones (excluding diaryl/α,β-unsaturated/α-hetero) is 1. The minimum absolute atomic E-state index is 0.0363. The Kier molecular flexibility index (Phi) is 6.30. The van der Waals surface area contributed by atoms with Gasteiger partial charge in [0.2, 0.25) is 5.78 Å². The first kappa shape index (κ1) is 12.6. The van der Waals surface area contributed by atoms with Gasteiger partial charge in [0.05, 0.1) is 6.34 Å². The van der Waals surface area contributed by atoms with Gasteiger partial charge in [-0.05, 0) is 6.42 Å². The van der Waals surface area contributed by atoms with Crippen LogP contribution < -0.4 is 5.43 Å². The van der Waals surface area contributed by atoms with Crippen molar-refractivity contribution in [1.82, 2.24) is 10.4 Å². The quantitative estimate of drug-likeness (QED) is 0.191. The molecule has 0 radical (unpaired) electrons. The number of hydrogen-bond donors (Lipinski definition) is 2. The van der Waals surface area contributed by atoms with E-state index in [1.807, 2.05) is 14.1 Å². The highest BCUT2D eigenvalue weighted by molar-refractivity contribution is 6.32. The second kappa shape index (κ2) is 7.02. The summed E-state index contributed by atoms with van der Waals surface area (Å²) in [4.78, 5) is 24.6. The Hall–Kier alpha value is -1.43. The van der Waals surface area contributed by atoms with E-state index in [1.165, 1.54) is 6.34 Å². The Bertz CT molecular complexity index is 226. The van der Waals surface area contributed by atoms with Gasteiger partial charge in [0.1, 0.15) is 0 Å². The summed E-state index contributed by atoms with van der Waals surface area (Å²) in [5.74, 6) is -2.14. The fourth-order valence-electron chi connectivity index (χ4n) is 0.659. The molecule has 2 N–H and O–H groups in total. The molecule has 0 saturated carbocycles. The van der Waals surface area contributed by atoms with E-state index in [0.717, 1.165) is 0 Å². The summed E-state index contributed by atoms with van der Waals surface area (Å²) in [5, 5.41) is 9.96. The number of aliphatic imine (C=N–C) groups is 1. The van der Waals surface area contributed by atoms with Crippen LogP contribution in [0.5, 0.6) is 0 Å². The van der Waals surface area contributed by atoms with Gasteiger partial charge in [-0.15, -0.1) is 0 Å². The zero-order valence-electron chi connectivity index (χ0n) is 8.36. The molecule has 6 heteroatoms. The van der Waals surface area contributed by atoms with Crippen LogP contribution in [-0.2, 0) is 9.59 Å². The van der Waals surface area contributed by atoms with Crippen molar-refractivity contribution >= 4 is 18.1 Å². The maximum Gasteiger partial charge on any atom is 0.372 e. The second-order valence-corrected chi connectivity index (χ2v) is 2.89. The van der Waals surface area contributed by atoms with Gasteiger partial charge in [-0.3, -0.25) is 9.79 Å². The van der Waals surface area contributed by atoms with Crippen molar-refractivity contribution in [3.05, 3.63) is 0 Å². The van der Waals surface area contributed by atoms with Crippen LogP contribution in [0.15, 0.2) is 4.99 Å². The SMILES string of the molecule is CN(C)NC=NCCCC(=O)C(=O)O. The van der Waals surface area contributed by atoms with Crippen molar-refractivity contribution in [2.45, 2.75) is 12.8 Å². The normalized spacial score (nSPS) is 10.8. The third-order valence-electron chi connectivity index (χ3n) is 1.34. The van der Waals surface area contributed by atoms with E-state index in [1.54, 1.807) is 5.01 Å². The Balaban J connectivity index is 3.42. The molecule has 0 rings (SSSR count). The molecule has 0 unspecified atom stereocenters. The maximum atomic E-state index is 10.6. The minimum atomic E-state index is -1.37. The van der Waals surface area contributed by atoms with Crippen molar-refractivity contribution in [2.24, 2.45) is 4.99 Å². The predicted molar refractivity (Wildman–Crippen MR) is 52.1 cm³/mol. The number of carboxylic acids is 1. The number of hydrazine groups is 1. The highest BCUT2D eigenvalue weighted by atomic mass is 16.4. The van der Waals surface area contributed by atoms with Gasteiger partial charge in [-0.2, -0.15) is 0 Å². The molecule has 0 aromatic carbocycles. The van der Waals surface area contributed by atoms with E-state index in [4.69, 9.17) is 5.11 Å². The molecular weight excluding hydrogens is 186 g/mol. The molecule has 6 nitrogen and oxygen atoms in total. The molecule has 0 aliphatic carbocycles. The smallest absolute Gasteiger partial charge is 0.372 e. The van der Waals surface area contributed by atoms with Gasteiger partial charge >= 0.3 is 5.97 Å². The summed E-state index contributed by atoms with van der Waals surface area (Å²) >= 11 is 0. The number of carboxylic acid groups (broad SMARTS) is 1. The average Bonchev–Trinajstić information content (AvgIpc) is 2.09. The van der Waals surface area contributed by atoms with Crippen molar-refractivity contribution in [1.29, 1.82) is 0 Å². The minimum Gasteiger partial charge on any atom is -0.476 e. The van der Waals surface area contributed by atoms with Gasteiger partial charge in [0.25, 0.3) is 0 Å². The number of ketones is 1. The summed E-state index contributed by atoms with van der Waals surface area (Å²) in [7, 11) is 3.64. The zero-order valence-corrected chi connectivity index (χ0v) is 8.36.